The Hall–Kier alpha value is -1.72. The molecule has 2 N–H and O–H groups in total. The van der Waals surface area contributed by atoms with Gasteiger partial charge < -0.3 is 10.5 Å². The minimum Gasteiger partial charge on any atom is -0.441 e. The van der Waals surface area contributed by atoms with E-state index < -0.39 is 11.7 Å². The average Bonchev–Trinajstić information content (AvgIpc) is 2.31. The van der Waals surface area contributed by atoms with Crippen molar-refractivity contribution in [3.05, 3.63) is 22.2 Å². The summed E-state index contributed by atoms with van der Waals surface area (Å²) in [4.78, 5) is 20.3. The Morgan fingerprint density at radius 2 is 2.36 bits per heavy atom. The second-order valence-corrected chi connectivity index (χ2v) is 1.70. The average molecular weight is 159 g/mol. The van der Waals surface area contributed by atoms with E-state index >= 15 is 0 Å². The molecule has 0 saturated carbocycles. The van der Waals surface area contributed by atoms with Crippen LogP contribution in [0, 0.1) is 0 Å². The van der Waals surface area contributed by atoms with Crippen LogP contribution in [-0.2, 0) is 11.3 Å². The molecule has 0 aliphatic heterocycles. The molecule has 0 atom stereocenters. The van der Waals surface area contributed by atoms with E-state index in [0.29, 0.717) is 0 Å². The Bertz CT molecular complexity index is 298. The van der Waals surface area contributed by atoms with Crippen LogP contribution in [0.4, 0.5) is 4.79 Å². The highest BCUT2D eigenvalue weighted by Crippen LogP contribution is 1.96. The molecular weight excluding hydrogens is 154 g/mol. The first kappa shape index (κ1) is 7.39. The van der Waals surface area contributed by atoms with Crippen molar-refractivity contribution in [3.8, 4) is 0 Å². The van der Waals surface area contributed by atoms with E-state index in [0.717, 1.165) is 6.07 Å². The lowest BCUT2D eigenvalue weighted by molar-refractivity contribution is 0.0227. The summed E-state index contributed by atoms with van der Waals surface area (Å²) in [7, 11) is 0. The third-order valence-corrected chi connectivity index (χ3v) is 0.866. The molecule has 0 aliphatic rings. The van der Waals surface area contributed by atoms with E-state index in [9.17, 15) is 9.59 Å². The molecule has 11 heavy (non-hydrogen) atoms. The molecule has 0 aromatic carbocycles. The van der Waals surface area contributed by atoms with E-state index in [1.807, 2.05) is 0 Å². The van der Waals surface area contributed by atoms with Crippen LogP contribution in [0.15, 0.2) is 20.0 Å². The maximum atomic E-state index is 10.3. The Kier molecular flexibility index (Phi) is 1.95. The zero-order valence-electron chi connectivity index (χ0n) is 5.40. The lowest BCUT2D eigenvalue weighted by Crippen LogP contribution is -2.12. The highest BCUT2D eigenvalue weighted by Gasteiger charge is 2.03. The van der Waals surface area contributed by atoms with Crippen molar-refractivity contribution in [2.24, 2.45) is 5.73 Å². The predicted molar refractivity (Wildman–Crippen MR) is 31.6 cm³/mol. The van der Waals surface area contributed by atoms with Crippen molar-refractivity contribution in [2.75, 3.05) is 0 Å². The summed E-state index contributed by atoms with van der Waals surface area (Å²) in [6.07, 6.45) is -0.936. The minimum atomic E-state index is -0.936. The van der Waals surface area contributed by atoms with Gasteiger partial charge in [-0.2, -0.15) is 0 Å². The topological polar surface area (TPSA) is 95.7 Å². The predicted octanol–water partition coefficient (Wildman–Crippen LogP) is -0.172. The molecule has 0 radical (unpaired) electrons. The summed E-state index contributed by atoms with van der Waals surface area (Å²) in [6, 6.07) is 1.06. The van der Waals surface area contributed by atoms with Gasteiger partial charge in [-0.3, -0.25) is 4.58 Å². The molecule has 1 amide bonds. The molecule has 60 valence electrons. The van der Waals surface area contributed by atoms with Gasteiger partial charge in [-0.05, 0) is 0 Å². The monoisotopic (exact) mass is 159 g/mol. The zero-order chi connectivity index (χ0) is 8.27. The lowest BCUT2D eigenvalue weighted by Gasteiger charge is -1.93. The summed E-state index contributed by atoms with van der Waals surface area (Å²) < 4.78 is 12.6. The van der Waals surface area contributed by atoms with Crippen LogP contribution in [0.3, 0.4) is 0 Å². The largest absolute Gasteiger partial charge is 0.441 e. The van der Waals surface area contributed by atoms with Gasteiger partial charge in [0, 0.05) is 0 Å². The molecule has 0 saturated heterocycles. The molecule has 6 heteroatoms. The first-order chi connectivity index (χ1) is 5.18. The Morgan fingerprint density at radius 3 is 2.82 bits per heavy atom. The number of ether oxygens (including phenoxy) is 1. The van der Waals surface area contributed by atoms with Crippen LogP contribution in [0.1, 0.15) is 5.76 Å². The van der Waals surface area contributed by atoms with Crippen molar-refractivity contribution >= 4 is 6.09 Å². The van der Waals surface area contributed by atoms with Gasteiger partial charge in [0.2, 0.25) is 5.76 Å². The van der Waals surface area contributed by atoms with Crippen molar-refractivity contribution in [1.82, 2.24) is 0 Å². The second kappa shape index (κ2) is 2.91. The van der Waals surface area contributed by atoms with Gasteiger partial charge in [-0.15, -0.1) is 0 Å². The molecule has 0 spiro atoms. The molecule has 1 rings (SSSR count). The van der Waals surface area contributed by atoms with E-state index in [4.69, 9.17) is 0 Å². The minimum absolute atomic E-state index is 0.119. The third-order valence-electron chi connectivity index (χ3n) is 0.866. The smallest absolute Gasteiger partial charge is 0.404 e. The van der Waals surface area contributed by atoms with Crippen LogP contribution in [-0.4, -0.2) is 6.09 Å². The van der Waals surface area contributed by atoms with E-state index in [-0.39, 0.29) is 12.4 Å². The number of nitrogens with two attached hydrogens (primary N) is 1. The van der Waals surface area contributed by atoms with Gasteiger partial charge in [0.15, 0.2) is 6.61 Å². The number of hydrogen-bond acceptors (Lipinski definition) is 5. The van der Waals surface area contributed by atoms with Crippen LogP contribution in [0.5, 0.6) is 0 Å². The van der Waals surface area contributed by atoms with Gasteiger partial charge in [0.25, 0.3) is 0 Å². The van der Waals surface area contributed by atoms with Crippen LogP contribution < -0.4 is 11.4 Å². The Balaban J connectivity index is 2.51. The third kappa shape index (κ3) is 2.17. The fourth-order valence-electron chi connectivity index (χ4n) is 0.482. The van der Waals surface area contributed by atoms with E-state index in [1.165, 1.54) is 0 Å². The number of hydrogen-bond donors (Lipinski definition) is 1. The molecule has 1 heterocycles. The highest BCUT2D eigenvalue weighted by molar-refractivity contribution is 5.64. The normalized spacial score (nSPS) is 9.45. The zero-order valence-corrected chi connectivity index (χ0v) is 5.40. The van der Waals surface area contributed by atoms with E-state index in [1.54, 1.807) is 0 Å². The molecule has 6 nitrogen and oxygen atoms in total. The summed E-state index contributed by atoms with van der Waals surface area (Å²) >= 11 is 0. The quantitative estimate of drug-likeness (QED) is 0.604. The molecule has 0 unspecified atom stereocenters. The summed E-state index contributed by atoms with van der Waals surface area (Å²) in [5, 5.41) is 0. The SMILES string of the molecule is NC(=O)OCc1cc(=O)oo1. The van der Waals surface area contributed by atoms with Crippen molar-refractivity contribution in [3.63, 3.8) is 0 Å². The van der Waals surface area contributed by atoms with Crippen LogP contribution >= 0.6 is 0 Å². The Morgan fingerprint density at radius 1 is 1.64 bits per heavy atom. The molecule has 0 bridgehead atoms. The number of amides is 1. The standard InChI is InChI=1S/C5H5NO5/c6-5(8)9-2-3-1-4(7)11-10-3/h1H,2H2,(H2,6,8). The van der Waals surface area contributed by atoms with Crippen LogP contribution in [0.25, 0.3) is 0 Å². The Labute approximate surface area is 60.5 Å². The summed E-state index contributed by atoms with van der Waals surface area (Å²) in [5.41, 5.74) is 4.00. The van der Waals surface area contributed by atoms with Gasteiger partial charge >= 0.3 is 11.7 Å². The fraction of sp³-hybridized carbons (Fsp3) is 0.200. The fourth-order valence-corrected chi connectivity index (χ4v) is 0.482. The van der Waals surface area contributed by atoms with Crippen molar-refractivity contribution < 1.29 is 18.7 Å². The van der Waals surface area contributed by atoms with Gasteiger partial charge in [-0.25, -0.2) is 14.2 Å². The van der Waals surface area contributed by atoms with Crippen LogP contribution in [0.2, 0.25) is 0 Å². The van der Waals surface area contributed by atoms with Gasteiger partial charge in [0.1, 0.15) is 0 Å². The molecule has 0 fully saturated rings. The molecule has 0 aliphatic carbocycles. The maximum absolute atomic E-state index is 10.3. The van der Waals surface area contributed by atoms with Crippen molar-refractivity contribution in [2.45, 2.75) is 6.61 Å². The molecule has 1 aromatic rings. The van der Waals surface area contributed by atoms with Crippen molar-refractivity contribution in [1.29, 1.82) is 0 Å². The number of carbonyl (C=O) groups excluding carboxylic acids is 1. The number of rotatable bonds is 2. The van der Waals surface area contributed by atoms with E-state index in [2.05, 4.69) is 19.6 Å². The summed E-state index contributed by atoms with van der Waals surface area (Å²) in [5.74, 6) is 0.119. The molecular formula is C5H5NO5. The summed E-state index contributed by atoms with van der Waals surface area (Å²) in [6.45, 7) is -0.193. The second-order valence-electron chi connectivity index (χ2n) is 1.70. The van der Waals surface area contributed by atoms with Gasteiger partial charge in [0.05, 0.1) is 6.07 Å². The lowest BCUT2D eigenvalue weighted by atomic mass is 10.5. The van der Waals surface area contributed by atoms with Gasteiger partial charge in [-0.1, -0.05) is 0 Å². The number of primary amides is 1. The highest BCUT2D eigenvalue weighted by atomic mass is 17.0. The maximum Gasteiger partial charge on any atom is 0.404 e. The number of carbonyl (C=O) groups is 1. The first-order valence-corrected chi connectivity index (χ1v) is 2.70. The first-order valence-electron chi connectivity index (χ1n) is 2.70. The molecule has 1 aromatic heterocycles.